The predicted octanol–water partition coefficient (Wildman–Crippen LogP) is 1.63. The first-order chi connectivity index (χ1) is 15.2. The molecule has 0 N–H and O–H groups in total. The van der Waals surface area contributed by atoms with Crippen LogP contribution in [0.5, 0.6) is 0 Å². The van der Waals surface area contributed by atoms with E-state index in [0.29, 0.717) is 32.7 Å². The van der Waals surface area contributed by atoms with Gasteiger partial charge >= 0.3 is 0 Å². The van der Waals surface area contributed by atoms with Crippen LogP contribution >= 0.6 is 0 Å². The number of ether oxygens (including phenoxy) is 2. The van der Waals surface area contributed by atoms with Crippen molar-refractivity contribution in [3.05, 3.63) is 60.2 Å². The Kier molecular flexibility index (Phi) is 6.89. The van der Waals surface area contributed by atoms with Gasteiger partial charge in [-0.05, 0) is 42.2 Å². The molecule has 0 aromatic carbocycles. The molecule has 4 rings (SSSR count). The fraction of sp³-hybridized carbons (Fsp3) is 0.478. The second kappa shape index (κ2) is 9.98. The largest absolute Gasteiger partial charge is 0.382 e. The maximum atomic E-state index is 13.0. The number of hydrogen-bond acceptors (Lipinski definition) is 6. The van der Waals surface area contributed by atoms with E-state index in [1.165, 1.54) is 0 Å². The van der Waals surface area contributed by atoms with E-state index in [9.17, 15) is 9.59 Å². The number of likely N-dealkylation sites (tertiary alicyclic amines) is 2. The monoisotopic (exact) mass is 424 g/mol. The molecule has 2 aromatic heterocycles. The van der Waals surface area contributed by atoms with Crippen LogP contribution in [0, 0.1) is 0 Å². The van der Waals surface area contributed by atoms with Crippen molar-refractivity contribution >= 4 is 11.8 Å². The van der Waals surface area contributed by atoms with Gasteiger partial charge in [0.1, 0.15) is 0 Å². The minimum atomic E-state index is -0.497. The molecular formula is C23H28N4O4. The molecule has 0 radical (unpaired) electrons. The van der Waals surface area contributed by atoms with Gasteiger partial charge < -0.3 is 19.3 Å². The predicted molar refractivity (Wildman–Crippen MR) is 113 cm³/mol. The molecule has 8 heteroatoms. The Morgan fingerprint density at radius 3 is 2.55 bits per heavy atom. The number of carbonyl (C=O) groups is 2. The Hall–Kier alpha value is -2.84. The van der Waals surface area contributed by atoms with Crippen molar-refractivity contribution < 1.29 is 19.1 Å². The molecule has 2 saturated heterocycles. The van der Waals surface area contributed by atoms with Gasteiger partial charge in [-0.1, -0.05) is 6.07 Å². The highest BCUT2D eigenvalue weighted by atomic mass is 16.5. The van der Waals surface area contributed by atoms with Gasteiger partial charge in [-0.25, -0.2) is 0 Å². The van der Waals surface area contributed by atoms with E-state index in [-0.39, 0.29) is 23.9 Å². The van der Waals surface area contributed by atoms with Crippen LogP contribution in [0.2, 0.25) is 0 Å². The summed E-state index contributed by atoms with van der Waals surface area (Å²) in [6.07, 6.45) is 8.29. The van der Waals surface area contributed by atoms with E-state index in [4.69, 9.17) is 9.47 Å². The molecule has 2 aliphatic rings. The molecule has 164 valence electrons. The number of carbonyl (C=O) groups excluding carboxylic acids is 2. The molecule has 4 heterocycles. The lowest BCUT2D eigenvalue weighted by Crippen LogP contribution is -2.65. The molecule has 2 fully saturated rings. The molecule has 8 nitrogen and oxygen atoms in total. The summed E-state index contributed by atoms with van der Waals surface area (Å²) in [4.78, 5) is 37.6. The Labute approximate surface area is 182 Å². The lowest BCUT2D eigenvalue weighted by Gasteiger charge is -2.52. The topological polar surface area (TPSA) is 84.9 Å². The van der Waals surface area contributed by atoms with E-state index >= 15 is 0 Å². The van der Waals surface area contributed by atoms with Crippen molar-refractivity contribution in [2.45, 2.75) is 37.5 Å². The number of rotatable bonds is 8. The fourth-order valence-electron chi connectivity index (χ4n) is 4.39. The highest BCUT2D eigenvalue weighted by molar-refractivity contribution is 5.89. The Morgan fingerprint density at radius 2 is 1.87 bits per heavy atom. The summed E-state index contributed by atoms with van der Waals surface area (Å²) in [5.41, 5.74) is 1.94. The molecular weight excluding hydrogens is 396 g/mol. The van der Waals surface area contributed by atoms with Crippen LogP contribution in [-0.4, -0.2) is 77.1 Å². The summed E-state index contributed by atoms with van der Waals surface area (Å²) >= 11 is 0. The van der Waals surface area contributed by atoms with Crippen molar-refractivity contribution in [3.8, 4) is 0 Å². The second-order valence-corrected chi connectivity index (χ2v) is 7.91. The number of pyridine rings is 2. The first kappa shape index (κ1) is 21.4. The number of β-lactam (4-membered cyclic amide) rings is 1. The van der Waals surface area contributed by atoms with Crippen LogP contribution in [0.15, 0.2) is 49.1 Å². The lowest BCUT2D eigenvalue weighted by atomic mass is 9.86. The SMILES string of the molecule is COCCO[C@H]1C(=O)N(C2CCN(C(=O)Cc3cccnc3)CC2)[C@H]1c1ccncc1. The smallest absolute Gasteiger partial charge is 0.255 e. The normalized spacial score (nSPS) is 21.8. The summed E-state index contributed by atoms with van der Waals surface area (Å²) in [6.45, 7) is 2.12. The maximum absolute atomic E-state index is 13.0. The number of piperidine rings is 1. The average Bonchev–Trinajstić information content (AvgIpc) is 2.81. The van der Waals surface area contributed by atoms with E-state index in [0.717, 1.165) is 24.0 Å². The van der Waals surface area contributed by atoms with Crippen molar-refractivity contribution in [3.63, 3.8) is 0 Å². The molecule has 2 aromatic rings. The zero-order valence-electron chi connectivity index (χ0n) is 17.7. The summed E-state index contributed by atoms with van der Waals surface area (Å²) < 4.78 is 10.9. The third-order valence-corrected chi connectivity index (χ3v) is 6.01. The zero-order chi connectivity index (χ0) is 21.6. The van der Waals surface area contributed by atoms with Crippen LogP contribution in [0.25, 0.3) is 0 Å². The summed E-state index contributed by atoms with van der Waals surface area (Å²) in [7, 11) is 1.61. The highest BCUT2D eigenvalue weighted by Gasteiger charge is 2.52. The fourth-order valence-corrected chi connectivity index (χ4v) is 4.39. The van der Waals surface area contributed by atoms with E-state index < -0.39 is 6.10 Å². The molecule has 0 spiro atoms. The van der Waals surface area contributed by atoms with Gasteiger partial charge in [0.05, 0.1) is 25.7 Å². The van der Waals surface area contributed by atoms with Gasteiger partial charge in [-0.3, -0.25) is 19.6 Å². The molecule has 0 saturated carbocycles. The zero-order valence-corrected chi connectivity index (χ0v) is 17.7. The number of hydrogen-bond donors (Lipinski definition) is 0. The first-order valence-corrected chi connectivity index (χ1v) is 10.7. The minimum Gasteiger partial charge on any atom is -0.382 e. The molecule has 0 bridgehead atoms. The highest BCUT2D eigenvalue weighted by Crippen LogP contribution is 2.40. The molecule has 2 atom stereocenters. The average molecular weight is 425 g/mol. The standard InChI is InChI=1S/C23H28N4O4/c1-30-13-14-31-22-21(18-4-9-24-10-5-18)27(23(22)29)19-6-11-26(12-7-19)20(28)15-17-3-2-8-25-16-17/h2-5,8-10,16,19,21-22H,6-7,11-15H2,1H3/t21-,22+/m0/s1. The van der Waals surface area contributed by atoms with Crippen LogP contribution in [0.1, 0.15) is 30.0 Å². The third kappa shape index (κ3) is 4.75. The van der Waals surface area contributed by atoms with Crippen LogP contribution in [0.4, 0.5) is 0 Å². The van der Waals surface area contributed by atoms with Crippen molar-refractivity contribution in [1.29, 1.82) is 0 Å². The van der Waals surface area contributed by atoms with Gasteiger partial charge in [-0.15, -0.1) is 0 Å². The van der Waals surface area contributed by atoms with Crippen LogP contribution in [-0.2, 0) is 25.5 Å². The molecule has 0 aliphatic carbocycles. The molecule has 2 amide bonds. The lowest BCUT2D eigenvalue weighted by molar-refractivity contribution is -0.184. The Balaban J connectivity index is 1.38. The van der Waals surface area contributed by atoms with Gasteiger partial charge in [0.2, 0.25) is 5.91 Å². The summed E-state index contributed by atoms with van der Waals surface area (Å²) in [5, 5.41) is 0. The molecule has 0 unspecified atom stereocenters. The van der Waals surface area contributed by atoms with E-state index in [1.807, 2.05) is 34.1 Å². The number of methoxy groups -OCH3 is 1. The first-order valence-electron chi connectivity index (χ1n) is 10.7. The van der Waals surface area contributed by atoms with Crippen molar-refractivity contribution in [2.75, 3.05) is 33.4 Å². The number of nitrogens with zero attached hydrogens (tertiary/aromatic N) is 4. The quantitative estimate of drug-likeness (QED) is 0.473. The summed E-state index contributed by atoms with van der Waals surface area (Å²) in [6, 6.07) is 7.59. The second-order valence-electron chi connectivity index (χ2n) is 7.91. The van der Waals surface area contributed by atoms with Gasteiger partial charge in [-0.2, -0.15) is 0 Å². The molecule has 31 heavy (non-hydrogen) atoms. The Bertz CT molecular complexity index is 872. The number of aromatic nitrogens is 2. The number of amides is 2. The van der Waals surface area contributed by atoms with Crippen LogP contribution in [0.3, 0.4) is 0 Å². The molecule has 2 aliphatic heterocycles. The van der Waals surface area contributed by atoms with Gasteiger partial charge in [0, 0.05) is 51.0 Å². The summed E-state index contributed by atoms with van der Waals surface area (Å²) in [5.74, 6) is 0.117. The van der Waals surface area contributed by atoms with Crippen LogP contribution < -0.4 is 0 Å². The van der Waals surface area contributed by atoms with Gasteiger partial charge in [0.25, 0.3) is 5.91 Å². The Morgan fingerprint density at radius 1 is 1.10 bits per heavy atom. The van der Waals surface area contributed by atoms with E-state index in [1.54, 1.807) is 31.9 Å². The minimum absolute atomic E-state index is 0.0121. The van der Waals surface area contributed by atoms with Crippen molar-refractivity contribution in [1.82, 2.24) is 19.8 Å². The van der Waals surface area contributed by atoms with Crippen molar-refractivity contribution in [2.24, 2.45) is 0 Å². The van der Waals surface area contributed by atoms with E-state index in [2.05, 4.69) is 9.97 Å². The van der Waals surface area contributed by atoms with Gasteiger partial charge in [0.15, 0.2) is 6.10 Å². The third-order valence-electron chi connectivity index (χ3n) is 6.01. The maximum Gasteiger partial charge on any atom is 0.255 e.